The summed E-state index contributed by atoms with van der Waals surface area (Å²) < 4.78 is 45.0. The average Bonchev–Trinajstić information content (AvgIpc) is 3.07. The van der Waals surface area contributed by atoms with Crippen LogP contribution in [-0.2, 0) is 9.53 Å². The Kier molecular flexibility index (Phi) is 3.76. The smallest absolute Gasteiger partial charge is 0.373 e. The number of aryl methyl sites for hydroxylation is 1. The van der Waals surface area contributed by atoms with Crippen LogP contribution >= 0.6 is 0 Å². The molecule has 0 saturated carbocycles. The van der Waals surface area contributed by atoms with Gasteiger partial charge in [0.15, 0.2) is 0 Å². The number of amides is 1. The minimum atomic E-state index is -4.48. The van der Waals surface area contributed by atoms with Crippen LogP contribution in [0.3, 0.4) is 0 Å². The van der Waals surface area contributed by atoms with Crippen molar-refractivity contribution in [2.45, 2.75) is 38.1 Å². The Hall–Kier alpha value is -2.14. The SMILES string of the molecule is Cc1nc(NC(=O)C2C3CCC(O3)C2C(F)(F)F)ccc1C#N. The number of anilines is 1. The molecule has 23 heavy (non-hydrogen) atoms. The Balaban J connectivity index is 1.80. The summed E-state index contributed by atoms with van der Waals surface area (Å²) in [4.78, 5) is 16.4. The van der Waals surface area contributed by atoms with Gasteiger partial charge in [-0.3, -0.25) is 4.79 Å². The Morgan fingerprint density at radius 3 is 2.70 bits per heavy atom. The van der Waals surface area contributed by atoms with Gasteiger partial charge in [0, 0.05) is 0 Å². The van der Waals surface area contributed by atoms with E-state index in [2.05, 4.69) is 10.3 Å². The summed E-state index contributed by atoms with van der Waals surface area (Å²) in [6, 6.07) is 4.81. The van der Waals surface area contributed by atoms with Gasteiger partial charge in [0.1, 0.15) is 11.9 Å². The molecular weight excluding hydrogens is 311 g/mol. The fraction of sp³-hybridized carbons (Fsp3) is 0.533. The van der Waals surface area contributed by atoms with Crippen LogP contribution in [0.5, 0.6) is 0 Å². The summed E-state index contributed by atoms with van der Waals surface area (Å²) in [5, 5.41) is 11.3. The van der Waals surface area contributed by atoms with Crippen molar-refractivity contribution >= 4 is 11.7 Å². The van der Waals surface area contributed by atoms with Gasteiger partial charge < -0.3 is 10.1 Å². The third-order valence-corrected chi connectivity index (χ3v) is 4.41. The zero-order chi connectivity index (χ0) is 16.8. The molecule has 1 aromatic heterocycles. The predicted molar refractivity (Wildman–Crippen MR) is 73.2 cm³/mol. The van der Waals surface area contributed by atoms with Gasteiger partial charge in [0.2, 0.25) is 5.91 Å². The maximum atomic E-state index is 13.2. The number of aromatic nitrogens is 1. The normalized spacial score (nSPS) is 29.3. The lowest BCUT2D eigenvalue weighted by atomic mass is 9.78. The molecule has 5 nitrogen and oxygen atoms in total. The molecule has 4 atom stereocenters. The topological polar surface area (TPSA) is 75.0 Å². The van der Waals surface area contributed by atoms with Crippen molar-refractivity contribution in [2.24, 2.45) is 11.8 Å². The summed E-state index contributed by atoms with van der Waals surface area (Å²) in [6.45, 7) is 1.59. The maximum Gasteiger partial charge on any atom is 0.395 e. The van der Waals surface area contributed by atoms with E-state index in [9.17, 15) is 18.0 Å². The number of carbonyl (C=O) groups is 1. The zero-order valence-electron chi connectivity index (χ0n) is 12.2. The Morgan fingerprint density at radius 1 is 1.39 bits per heavy atom. The number of nitrogens with zero attached hydrogens (tertiary/aromatic N) is 2. The molecule has 2 saturated heterocycles. The van der Waals surface area contributed by atoms with Crippen LogP contribution in [0.1, 0.15) is 24.1 Å². The molecule has 4 unspecified atom stereocenters. The van der Waals surface area contributed by atoms with Crippen LogP contribution in [0.4, 0.5) is 19.0 Å². The molecule has 1 aromatic rings. The van der Waals surface area contributed by atoms with E-state index >= 15 is 0 Å². The second-order valence-electron chi connectivity index (χ2n) is 5.81. The Labute approximate surface area is 130 Å². The fourth-order valence-corrected chi connectivity index (χ4v) is 3.38. The van der Waals surface area contributed by atoms with Crippen molar-refractivity contribution in [3.63, 3.8) is 0 Å². The first-order valence-corrected chi connectivity index (χ1v) is 7.22. The highest BCUT2D eigenvalue weighted by molar-refractivity contribution is 5.92. The Bertz CT molecular complexity index is 684. The Morgan fingerprint density at radius 2 is 2.09 bits per heavy atom. The number of carbonyl (C=O) groups excluding carboxylic acids is 1. The van der Waals surface area contributed by atoms with Crippen molar-refractivity contribution < 1.29 is 22.7 Å². The number of nitrogens with one attached hydrogen (secondary N) is 1. The van der Waals surface area contributed by atoms with Gasteiger partial charge in [-0.05, 0) is 31.9 Å². The highest BCUT2D eigenvalue weighted by atomic mass is 19.4. The van der Waals surface area contributed by atoms with E-state index in [0.29, 0.717) is 24.1 Å². The van der Waals surface area contributed by atoms with Gasteiger partial charge >= 0.3 is 6.18 Å². The quantitative estimate of drug-likeness (QED) is 0.907. The molecule has 0 radical (unpaired) electrons. The second-order valence-corrected chi connectivity index (χ2v) is 5.81. The lowest BCUT2D eigenvalue weighted by Gasteiger charge is -2.28. The van der Waals surface area contributed by atoms with Crippen LogP contribution in [0.25, 0.3) is 0 Å². The molecule has 0 spiro atoms. The lowest BCUT2D eigenvalue weighted by Crippen LogP contribution is -2.44. The van der Waals surface area contributed by atoms with E-state index in [1.54, 1.807) is 6.92 Å². The van der Waals surface area contributed by atoms with Gasteiger partial charge in [-0.15, -0.1) is 0 Å². The summed E-state index contributed by atoms with van der Waals surface area (Å²) >= 11 is 0. The van der Waals surface area contributed by atoms with Crippen LogP contribution in [0.15, 0.2) is 12.1 Å². The van der Waals surface area contributed by atoms with Crippen molar-refractivity contribution in [1.82, 2.24) is 4.98 Å². The molecular formula is C15H14F3N3O2. The third-order valence-electron chi connectivity index (χ3n) is 4.41. The number of hydrogen-bond acceptors (Lipinski definition) is 4. The molecule has 122 valence electrons. The van der Waals surface area contributed by atoms with E-state index < -0.39 is 36.1 Å². The standard InChI is InChI=1S/C15H14F3N3O2/c1-7-8(6-19)2-5-11(20-7)21-14(22)12-9-3-4-10(23-9)13(12)15(16,17)18/h2,5,9-10,12-13H,3-4H2,1H3,(H,20,21,22). The first-order valence-electron chi connectivity index (χ1n) is 7.22. The molecule has 3 heterocycles. The molecule has 2 fully saturated rings. The summed E-state index contributed by atoms with van der Waals surface area (Å²) in [6.07, 6.45) is -5.34. The largest absolute Gasteiger partial charge is 0.395 e. The summed E-state index contributed by atoms with van der Waals surface area (Å²) in [7, 11) is 0. The number of halogens is 3. The molecule has 8 heteroatoms. The van der Waals surface area contributed by atoms with Crippen LogP contribution < -0.4 is 5.32 Å². The minimum absolute atomic E-state index is 0.134. The highest BCUT2D eigenvalue weighted by Crippen LogP contribution is 2.50. The lowest BCUT2D eigenvalue weighted by molar-refractivity contribution is -0.196. The summed E-state index contributed by atoms with van der Waals surface area (Å²) in [5.74, 6) is -3.64. The predicted octanol–water partition coefficient (Wildman–Crippen LogP) is 2.56. The highest BCUT2D eigenvalue weighted by Gasteiger charge is 2.62. The van der Waals surface area contributed by atoms with Gasteiger partial charge in [-0.1, -0.05) is 0 Å². The minimum Gasteiger partial charge on any atom is -0.373 e. The summed E-state index contributed by atoms with van der Waals surface area (Å²) in [5.41, 5.74) is 0.751. The van der Waals surface area contributed by atoms with Crippen molar-refractivity contribution in [3.05, 3.63) is 23.4 Å². The number of rotatable bonds is 2. The second kappa shape index (κ2) is 5.49. The van der Waals surface area contributed by atoms with Crippen LogP contribution in [0, 0.1) is 30.1 Å². The first-order chi connectivity index (χ1) is 10.8. The number of fused-ring (bicyclic) bond motifs is 2. The van der Waals surface area contributed by atoms with E-state index in [1.165, 1.54) is 12.1 Å². The molecule has 2 aliphatic rings. The monoisotopic (exact) mass is 325 g/mol. The zero-order valence-corrected chi connectivity index (χ0v) is 12.2. The first kappa shape index (κ1) is 15.7. The maximum absolute atomic E-state index is 13.2. The van der Waals surface area contributed by atoms with Crippen molar-refractivity contribution in [3.8, 4) is 6.07 Å². The van der Waals surface area contributed by atoms with Crippen LogP contribution in [0.2, 0.25) is 0 Å². The fourth-order valence-electron chi connectivity index (χ4n) is 3.38. The number of alkyl halides is 3. The van der Waals surface area contributed by atoms with Crippen molar-refractivity contribution in [2.75, 3.05) is 5.32 Å². The molecule has 3 rings (SSSR count). The van der Waals surface area contributed by atoms with E-state index in [4.69, 9.17) is 10.00 Å². The molecule has 0 aliphatic carbocycles. The molecule has 1 amide bonds. The van der Waals surface area contributed by atoms with Crippen molar-refractivity contribution in [1.29, 1.82) is 5.26 Å². The van der Waals surface area contributed by atoms with Gasteiger partial charge in [0.25, 0.3) is 0 Å². The molecule has 2 aliphatic heterocycles. The molecule has 1 N–H and O–H groups in total. The number of nitriles is 1. The van der Waals surface area contributed by atoms with E-state index in [1.807, 2.05) is 6.07 Å². The van der Waals surface area contributed by atoms with Gasteiger partial charge in [-0.2, -0.15) is 18.4 Å². The molecule has 0 aromatic carbocycles. The number of ether oxygens (including phenoxy) is 1. The van der Waals surface area contributed by atoms with E-state index in [0.717, 1.165) is 0 Å². The third kappa shape index (κ3) is 2.77. The number of hydrogen-bond donors (Lipinski definition) is 1. The average molecular weight is 325 g/mol. The van der Waals surface area contributed by atoms with Crippen LogP contribution in [-0.4, -0.2) is 29.3 Å². The van der Waals surface area contributed by atoms with E-state index in [-0.39, 0.29) is 5.82 Å². The molecule has 2 bridgehead atoms. The number of pyridine rings is 1. The van der Waals surface area contributed by atoms with Gasteiger partial charge in [-0.25, -0.2) is 4.98 Å². The van der Waals surface area contributed by atoms with Gasteiger partial charge in [0.05, 0.1) is 35.3 Å².